The number of carbonyl (C=O) groups excluding carboxylic acids is 1. The Morgan fingerprint density at radius 1 is 1.43 bits per heavy atom. The Morgan fingerprint density at radius 3 is 3.10 bits per heavy atom. The SMILES string of the molecule is O=CN1CCC(CNc2ncc3ccccc3n2)C(F)C1. The van der Waals surface area contributed by atoms with Gasteiger partial charge in [0, 0.05) is 30.6 Å². The number of nitrogens with one attached hydrogen (secondary N) is 1. The van der Waals surface area contributed by atoms with E-state index in [1.165, 1.54) is 4.90 Å². The molecule has 1 fully saturated rings. The number of likely N-dealkylation sites (tertiary alicyclic amines) is 1. The number of amides is 1. The van der Waals surface area contributed by atoms with Crippen LogP contribution in [0.1, 0.15) is 6.42 Å². The normalized spacial score (nSPS) is 22.2. The van der Waals surface area contributed by atoms with E-state index in [1.54, 1.807) is 6.20 Å². The number of aromatic nitrogens is 2. The molecule has 2 atom stereocenters. The van der Waals surface area contributed by atoms with Gasteiger partial charge >= 0.3 is 0 Å². The molecule has 110 valence electrons. The van der Waals surface area contributed by atoms with Crippen LogP contribution in [-0.2, 0) is 4.79 Å². The summed E-state index contributed by atoms with van der Waals surface area (Å²) in [6.07, 6.45) is 2.12. The first-order valence-electron chi connectivity index (χ1n) is 7.05. The maximum Gasteiger partial charge on any atom is 0.223 e. The standard InChI is InChI=1S/C15H17FN4O/c16-13-9-20(10-21)6-5-11(13)7-17-15-18-8-12-3-1-2-4-14(12)19-15/h1-4,8,10-11,13H,5-7,9H2,(H,17,18,19). The second-order valence-corrected chi connectivity index (χ2v) is 5.30. The van der Waals surface area contributed by atoms with Crippen LogP contribution in [0.3, 0.4) is 0 Å². The van der Waals surface area contributed by atoms with Crippen molar-refractivity contribution in [3.63, 3.8) is 0 Å². The van der Waals surface area contributed by atoms with Gasteiger partial charge in [-0.25, -0.2) is 14.4 Å². The van der Waals surface area contributed by atoms with Crippen LogP contribution in [0, 0.1) is 5.92 Å². The molecule has 21 heavy (non-hydrogen) atoms. The van der Waals surface area contributed by atoms with E-state index in [2.05, 4.69) is 15.3 Å². The minimum Gasteiger partial charge on any atom is -0.354 e. The smallest absolute Gasteiger partial charge is 0.223 e. The van der Waals surface area contributed by atoms with Crippen molar-refractivity contribution in [3.8, 4) is 0 Å². The first-order valence-corrected chi connectivity index (χ1v) is 7.05. The fourth-order valence-electron chi connectivity index (χ4n) is 2.58. The van der Waals surface area contributed by atoms with Gasteiger partial charge in [-0.3, -0.25) is 4.79 Å². The highest BCUT2D eigenvalue weighted by atomic mass is 19.1. The molecule has 1 N–H and O–H groups in total. The first-order chi connectivity index (χ1) is 10.3. The van der Waals surface area contributed by atoms with Gasteiger partial charge in [0.25, 0.3) is 0 Å². The van der Waals surface area contributed by atoms with Crippen LogP contribution >= 0.6 is 0 Å². The number of halogens is 1. The van der Waals surface area contributed by atoms with Gasteiger partial charge in [0.1, 0.15) is 6.17 Å². The molecule has 1 amide bonds. The number of anilines is 1. The number of nitrogens with zero attached hydrogens (tertiary/aromatic N) is 3. The predicted octanol–water partition coefficient (Wildman–Crippen LogP) is 1.86. The predicted molar refractivity (Wildman–Crippen MR) is 78.7 cm³/mol. The van der Waals surface area contributed by atoms with Crippen molar-refractivity contribution in [2.75, 3.05) is 25.0 Å². The highest BCUT2D eigenvalue weighted by Gasteiger charge is 2.28. The van der Waals surface area contributed by atoms with Crippen molar-refractivity contribution in [3.05, 3.63) is 30.5 Å². The Balaban J connectivity index is 1.62. The van der Waals surface area contributed by atoms with Gasteiger partial charge in [-0.05, 0) is 12.5 Å². The molecule has 0 radical (unpaired) electrons. The van der Waals surface area contributed by atoms with E-state index in [0.717, 1.165) is 10.9 Å². The summed E-state index contributed by atoms with van der Waals surface area (Å²) in [6, 6.07) is 7.73. The molecule has 1 saturated heterocycles. The topological polar surface area (TPSA) is 58.1 Å². The second-order valence-electron chi connectivity index (χ2n) is 5.30. The summed E-state index contributed by atoms with van der Waals surface area (Å²) >= 11 is 0. The van der Waals surface area contributed by atoms with E-state index < -0.39 is 6.17 Å². The van der Waals surface area contributed by atoms with Crippen LogP contribution in [-0.4, -0.2) is 47.1 Å². The summed E-state index contributed by atoms with van der Waals surface area (Å²) < 4.78 is 14.0. The molecule has 0 aliphatic carbocycles. The molecular weight excluding hydrogens is 271 g/mol. The van der Waals surface area contributed by atoms with Gasteiger partial charge in [0.2, 0.25) is 12.4 Å². The quantitative estimate of drug-likeness (QED) is 0.872. The molecule has 2 unspecified atom stereocenters. The Hall–Kier alpha value is -2.24. The molecular formula is C15H17FN4O. The fourth-order valence-corrected chi connectivity index (χ4v) is 2.58. The van der Waals surface area contributed by atoms with Crippen molar-refractivity contribution >= 4 is 23.3 Å². The van der Waals surface area contributed by atoms with E-state index in [4.69, 9.17) is 0 Å². The van der Waals surface area contributed by atoms with Crippen molar-refractivity contribution in [1.82, 2.24) is 14.9 Å². The van der Waals surface area contributed by atoms with Gasteiger partial charge in [-0.2, -0.15) is 0 Å². The van der Waals surface area contributed by atoms with Crippen LogP contribution in [0.5, 0.6) is 0 Å². The lowest BCUT2D eigenvalue weighted by Crippen LogP contribution is -2.43. The van der Waals surface area contributed by atoms with E-state index in [-0.39, 0.29) is 12.5 Å². The number of hydrogen-bond donors (Lipinski definition) is 1. The third-order valence-electron chi connectivity index (χ3n) is 3.87. The lowest BCUT2D eigenvalue weighted by Gasteiger charge is -2.32. The zero-order valence-corrected chi connectivity index (χ0v) is 11.6. The van der Waals surface area contributed by atoms with Crippen LogP contribution in [0.4, 0.5) is 10.3 Å². The fraction of sp³-hybridized carbons (Fsp3) is 0.400. The van der Waals surface area contributed by atoms with E-state index in [0.29, 0.717) is 31.9 Å². The van der Waals surface area contributed by atoms with Gasteiger partial charge in [0.05, 0.1) is 12.1 Å². The molecule has 1 aliphatic rings. The highest BCUT2D eigenvalue weighted by molar-refractivity contribution is 5.78. The van der Waals surface area contributed by atoms with Crippen LogP contribution in [0.25, 0.3) is 10.9 Å². The number of carbonyl (C=O) groups is 1. The third-order valence-corrected chi connectivity index (χ3v) is 3.87. The summed E-state index contributed by atoms with van der Waals surface area (Å²) in [6.45, 7) is 1.26. The number of piperidine rings is 1. The molecule has 1 aliphatic heterocycles. The molecule has 5 nitrogen and oxygen atoms in total. The van der Waals surface area contributed by atoms with Crippen molar-refractivity contribution in [2.24, 2.45) is 5.92 Å². The second kappa shape index (κ2) is 6.03. The summed E-state index contributed by atoms with van der Waals surface area (Å²) in [5, 5.41) is 4.08. The van der Waals surface area contributed by atoms with E-state index in [1.807, 2.05) is 24.3 Å². The summed E-state index contributed by atoms with van der Waals surface area (Å²) in [4.78, 5) is 20.8. The van der Waals surface area contributed by atoms with E-state index >= 15 is 0 Å². The van der Waals surface area contributed by atoms with Crippen LogP contribution in [0.2, 0.25) is 0 Å². The van der Waals surface area contributed by atoms with Crippen LogP contribution in [0.15, 0.2) is 30.5 Å². The molecule has 1 aromatic carbocycles. The maximum atomic E-state index is 14.0. The Morgan fingerprint density at radius 2 is 2.29 bits per heavy atom. The molecule has 0 spiro atoms. The maximum absolute atomic E-state index is 14.0. The Bertz CT molecular complexity index is 636. The van der Waals surface area contributed by atoms with Crippen molar-refractivity contribution in [1.29, 1.82) is 0 Å². The lowest BCUT2D eigenvalue weighted by molar-refractivity contribution is -0.120. The Kier molecular flexibility index (Phi) is 3.94. The minimum atomic E-state index is -1.00. The average Bonchev–Trinajstić information content (AvgIpc) is 2.53. The van der Waals surface area contributed by atoms with Crippen LogP contribution < -0.4 is 5.32 Å². The third kappa shape index (κ3) is 3.09. The van der Waals surface area contributed by atoms with Gasteiger partial charge in [-0.15, -0.1) is 0 Å². The molecule has 2 heterocycles. The zero-order chi connectivity index (χ0) is 14.7. The molecule has 0 bridgehead atoms. The van der Waals surface area contributed by atoms with Crippen molar-refractivity contribution in [2.45, 2.75) is 12.6 Å². The molecule has 2 aromatic rings. The monoisotopic (exact) mass is 288 g/mol. The number of alkyl halides is 1. The number of rotatable bonds is 4. The molecule has 3 rings (SSSR count). The number of benzene rings is 1. The summed E-state index contributed by atoms with van der Waals surface area (Å²) in [5.74, 6) is 0.398. The minimum absolute atomic E-state index is 0.115. The molecule has 0 saturated carbocycles. The average molecular weight is 288 g/mol. The zero-order valence-electron chi connectivity index (χ0n) is 11.6. The van der Waals surface area contributed by atoms with Gasteiger partial charge in [0.15, 0.2) is 0 Å². The van der Waals surface area contributed by atoms with Gasteiger partial charge in [-0.1, -0.05) is 18.2 Å². The van der Waals surface area contributed by atoms with E-state index in [9.17, 15) is 9.18 Å². The first kappa shape index (κ1) is 13.7. The lowest BCUT2D eigenvalue weighted by atomic mass is 9.95. The molecule has 1 aromatic heterocycles. The number of hydrogen-bond acceptors (Lipinski definition) is 4. The van der Waals surface area contributed by atoms with Gasteiger partial charge < -0.3 is 10.2 Å². The Labute approximate surface area is 122 Å². The largest absolute Gasteiger partial charge is 0.354 e. The number of fused-ring (bicyclic) bond motifs is 1. The number of para-hydroxylation sites is 1. The summed E-state index contributed by atoms with van der Waals surface area (Å²) in [5.41, 5.74) is 0.863. The van der Waals surface area contributed by atoms with Crippen molar-refractivity contribution < 1.29 is 9.18 Å². The summed E-state index contributed by atoms with van der Waals surface area (Å²) in [7, 11) is 0. The molecule has 6 heteroatoms. The highest BCUT2D eigenvalue weighted by Crippen LogP contribution is 2.20.